The quantitative estimate of drug-likeness (QED) is 0.545. The van der Waals surface area contributed by atoms with Gasteiger partial charge in [-0.15, -0.1) is 0 Å². The first-order chi connectivity index (χ1) is 14.6. The molecule has 4 aromatic rings. The third kappa shape index (κ3) is 2.96. The van der Waals surface area contributed by atoms with Crippen molar-refractivity contribution >= 4 is 37.5 Å². The van der Waals surface area contributed by atoms with Gasteiger partial charge < -0.3 is 9.72 Å². The van der Waals surface area contributed by atoms with Gasteiger partial charge in [-0.3, -0.25) is 4.98 Å². The van der Waals surface area contributed by atoms with Gasteiger partial charge >= 0.3 is 0 Å². The molecular weight excluding hydrogens is 400 g/mol. The summed E-state index contributed by atoms with van der Waals surface area (Å²) in [5.74, 6) is 0.554. The molecule has 0 spiro atoms. The molecule has 0 aliphatic carbocycles. The average Bonchev–Trinajstić information content (AvgIpc) is 3.22. The number of aromatic amines is 1. The van der Waals surface area contributed by atoms with Crippen LogP contribution in [0.3, 0.4) is 0 Å². The Balaban J connectivity index is 1.50. The summed E-state index contributed by atoms with van der Waals surface area (Å²) < 4.78 is 33.7. The Bertz CT molecular complexity index is 1390. The fourth-order valence-electron chi connectivity index (χ4n) is 3.98. The third-order valence-corrected chi connectivity index (χ3v) is 7.42. The Kier molecular flexibility index (Phi) is 4.52. The van der Waals surface area contributed by atoms with E-state index < -0.39 is 10.0 Å². The van der Waals surface area contributed by atoms with E-state index in [2.05, 4.69) is 15.0 Å². The zero-order valence-electron chi connectivity index (χ0n) is 16.4. The minimum Gasteiger partial charge on any atom is -0.494 e. The summed E-state index contributed by atoms with van der Waals surface area (Å²) in [5, 5.41) is 1.61. The number of pyridine rings is 2. The van der Waals surface area contributed by atoms with Gasteiger partial charge in [0.15, 0.2) is 0 Å². The third-order valence-electron chi connectivity index (χ3n) is 5.50. The maximum Gasteiger partial charge on any atom is 0.244 e. The normalized spacial score (nSPS) is 15.4. The number of H-pyrrole nitrogens is 1. The second-order valence-corrected chi connectivity index (χ2v) is 9.02. The molecule has 1 aromatic carbocycles. The first-order valence-corrected chi connectivity index (χ1v) is 11.1. The molecule has 30 heavy (non-hydrogen) atoms. The van der Waals surface area contributed by atoms with Crippen LogP contribution >= 0.6 is 0 Å². The predicted molar refractivity (Wildman–Crippen MR) is 116 cm³/mol. The molecule has 8 heteroatoms. The molecule has 0 bridgehead atoms. The lowest BCUT2D eigenvalue weighted by Gasteiger charge is -2.26. The van der Waals surface area contributed by atoms with Gasteiger partial charge in [-0.05, 0) is 48.4 Å². The molecule has 4 heterocycles. The van der Waals surface area contributed by atoms with E-state index in [0.717, 1.165) is 22.2 Å². The Morgan fingerprint density at radius 2 is 1.87 bits per heavy atom. The first-order valence-electron chi connectivity index (χ1n) is 9.63. The molecule has 152 valence electrons. The van der Waals surface area contributed by atoms with Crippen molar-refractivity contribution in [2.24, 2.45) is 0 Å². The van der Waals surface area contributed by atoms with Crippen molar-refractivity contribution in [3.05, 3.63) is 66.6 Å². The molecule has 0 amide bonds. The molecule has 5 rings (SSSR count). The van der Waals surface area contributed by atoms with Crippen molar-refractivity contribution in [2.75, 3.05) is 20.2 Å². The number of hydrogen-bond acceptors (Lipinski definition) is 5. The van der Waals surface area contributed by atoms with E-state index in [0.29, 0.717) is 36.2 Å². The maximum absolute atomic E-state index is 13.4. The van der Waals surface area contributed by atoms with Gasteiger partial charge in [-0.25, -0.2) is 13.4 Å². The van der Waals surface area contributed by atoms with E-state index in [9.17, 15) is 8.42 Å². The van der Waals surface area contributed by atoms with Crippen molar-refractivity contribution in [2.45, 2.75) is 11.3 Å². The predicted octanol–water partition coefficient (Wildman–Crippen LogP) is 3.60. The number of nitrogens with zero attached hydrogens (tertiary/aromatic N) is 3. The van der Waals surface area contributed by atoms with Crippen molar-refractivity contribution in [3.8, 4) is 5.75 Å². The fraction of sp³-hybridized carbons (Fsp3) is 0.182. The summed E-state index contributed by atoms with van der Waals surface area (Å²) >= 11 is 0. The minimum atomic E-state index is -3.68. The molecule has 0 unspecified atom stereocenters. The molecule has 1 aliphatic rings. The lowest BCUT2D eigenvalue weighted by molar-refractivity contribution is 0.418. The number of fused-ring (bicyclic) bond motifs is 2. The van der Waals surface area contributed by atoms with Gasteiger partial charge in [0.2, 0.25) is 10.0 Å². The fourth-order valence-corrected chi connectivity index (χ4v) is 5.55. The number of ether oxygens (including phenoxy) is 1. The largest absolute Gasteiger partial charge is 0.494 e. The van der Waals surface area contributed by atoms with E-state index in [4.69, 9.17) is 4.74 Å². The van der Waals surface area contributed by atoms with E-state index in [1.165, 1.54) is 4.31 Å². The Morgan fingerprint density at radius 3 is 2.63 bits per heavy atom. The number of rotatable bonds is 4. The maximum atomic E-state index is 13.4. The van der Waals surface area contributed by atoms with Crippen LogP contribution in [-0.4, -0.2) is 47.9 Å². The van der Waals surface area contributed by atoms with Gasteiger partial charge in [0.1, 0.15) is 16.9 Å². The van der Waals surface area contributed by atoms with Crippen LogP contribution < -0.4 is 4.74 Å². The van der Waals surface area contributed by atoms with Crippen molar-refractivity contribution in [1.82, 2.24) is 19.3 Å². The molecule has 1 aliphatic heterocycles. The topological polar surface area (TPSA) is 88.2 Å². The number of benzene rings is 1. The van der Waals surface area contributed by atoms with E-state index in [1.54, 1.807) is 43.8 Å². The Labute approximate surface area is 174 Å². The molecule has 3 aromatic heterocycles. The summed E-state index contributed by atoms with van der Waals surface area (Å²) in [4.78, 5) is 12.1. The van der Waals surface area contributed by atoms with Crippen LogP contribution in [0.15, 0.2) is 66.0 Å². The van der Waals surface area contributed by atoms with Crippen LogP contribution in [0.5, 0.6) is 5.75 Å². The highest BCUT2D eigenvalue weighted by atomic mass is 32.2. The average molecular weight is 420 g/mol. The lowest BCUT2D eigenvalue weighted by Crippen LogP contribution is -2.34. The molecular formula is C22H20N4O3S. The lowest BCUT2D eigenvalue weighted by atomic mass is 10.0. The highest BCUT2D eigenvalue weighted by Crippen LogP contribution is 2.34. The first kappa shape index (κ1) is 18.8. The summed E-state index contributed by atoms with van der Waals surface area (Å²) in [7, 11) is -2.12. The van der Waals surface area contributed by atoms with Gasteiger partial charge in [0.25, 0.3) is 0 Å². The monoisotopic (exact) mass is 420 g/mol. The van der Waals surface area contributed by atoms with Crippen LogP contribution in [0.1, 0.15) is 12.0 Å². The highest BCUT2D eigenvalue weighted by Gasteiger charge is 2.29. The Morgan fingerprint density at radius 1 is 1.07 bits per heavy atom. The van der Waals surface area contributed by atoms with E-state index >= 15 is 0 Å². The molecule has 0 atom stereocenters. The highest BCUT2D eigenvalue weighted by molar-refractivity contribution is 7.89. The second-order valence-electron chi connectivity index (χ2n) is 7.11. The van der Waals surface area contributed by atoms with Crippen LogP contribution in [0, 0.1) is 0 Å². The molecule has 7 nitrogen and oxygen atoms in total. The smallest absolute Gasteiger partial charge is 0.244 e. The SMILES string of the molecule is COc1ccc(S(=O)(=O)N2CC=C(c3c[nH]c4ncccc34)CC2)c2cccnc12. The van der Waals surface area contributed by atoms with Crippen LogP contribution in [-0.2, 0) is 10.0 Å². The molecule has 0 fully saturated rings. The molecule has 1 N–H and O–H groups in total. The summed E-state index contributed by atoms with van der Waals surface area (Å²) in [6.07, 6.45) is 7.94. The van der Waals surface area contributed by atoms with Gasteiger partial charge in [-0.1, -0.05) is 6.08 Å². The van der Waals surface area contributed by atoms with Crippen molar-refractivity contribution in [3.63, 3.8) is 0 Å². The summed E-state index contributed by atoms with van der Waals surface area (Å²) in [6.45, 7) is 0.729. The van der Waals surface area contributed by atoms with Gasteiger partial charge in [-0.2, -0.15) is 4.31 Å². The molecule has 0 saturated heterocycles. The number of nitrogens with one attached hydrogen (secondary N) is 1. The second kappa shape index (κ2) is 7.23. The van der Waals surface area contributed by atoms with Crippen LogP contribution in [0.4, 0.5) is 0 Å². The zero-order valence-corrected chi connectivity index (χ0v) is 17.2. The van der Waals surface area contributed by atoms with Crippen LogP contribution in [0.2, 0.25) is 0 Å². The minimum absolute atomic E-state index is 0.250. The van der Waals surface area contributed by atoms with Crippen LogP contribution in [0.25, 0.3) is 27.5 Å². The molecule has 0 saturated carbocycles. The standard InChI is InChI=1S/C22H20N4O3S/c1-29-19-6-7-20(17-5-3-10-23-21(17)19)30(27,28)26-12-8-15(9-13-26)18-14-25-22-16(18)4-2-11-24-22/h2-8,10-11,14H,9,12-13H2,1H3,(H,24,25). The van der Waals surface area contributed by atoms with Crippen molar-refractivity contribution < 1.29 is 13.2 Å². The number of hydrogen-bond donors (Lipinski definition) is 1. The van der Waals surface area contributed by atoms with E-state index in [-0.39, 0.29) is 4.90 Å². The van der Waals surface area contributed by atoms with Crippen molar-refractivity contribution in [1.29, 1.82) is 0 Å². The number of aromatic nitrogens is 3. The van der Waals surface area contributed by atoms with Gasteiger partial charge in [0, 0.05) is 48.0 Å². The van der Waals surface area contributed by atoms with E-state index in [1.807, 2.05) is 24.4 Å². The summed E-state index contributed by atoms with van der Waals surface area (Å²) in [6, 6.07) is 10.7. The number of methoxy groups -OCH3 is 1. The molecule has 0 radical (unpaired) electrons. The summed E-state index contributed by atoms with van der Waals surface area (Å²) in [5.41, 5.74) is 3.58. The Hall–Kier alpha value is -3.23. The zero-order chi connectivity index (χ0) is 20.7. The van der Waals surface area contributed by atoms with Gasteiger partial charge in [0.05, 0.1) is 12.0 Å². The number of sulfonamides is 1.